The molecule has 0 radical (unpaired) electrons. The van der Waals surface area contributed by atoms with Gasteiger partial charge in [0, 0.05) is 6.61 Å². The summed E-state index contributed by atoms with van der Waals surface area (Å²) in [6, 6.07) is 0. The minimum atomic E-state index is 0.411. The van der Waals surface area contributed by atoms with Gasteiger partial charge < -0.3 is 5.11 Å². The summed E-state index contributed by atoms with van der Waals surface area (Å²) in [5.74, 6) is 3.04. The average molecular weight is 126 g/mol. The quantitative estimate of drug-likeness (QED) is 0.606. The van der Waals surface area contributed by atoms with Crippen LogP contribution in [-0.2, 0) is 0 Å². The van der Waals surface area contributed by atoms with Crippen molar-refractivity contribution in [3.8, 4) is 0 Å². The Kier molecular flexibility index (Phi) is 1.26. The summed E-state index contributed by atoms with van der Waals surface area (Å²) in [6.07, 6.45) is 5.45. The fourth-order valence-corrected chi connectivity index (χ4v) is 1.87. The van der Waals surface area contributed by atoms with Crippen molar-refractivity contribution in [1.82, 2.24) is 0 Å². The highest BCUT2D eigenvalue weighted by Gasteiger charge is 2.46. The summed E-state index contributed by atoms with van der Waals surface area (Å²) >= 11 is 0. The van der Waals surface area contributed by atoms with E-state index in [0.717, 1.165) is 24.2 Å². The molecular weight excluding hydrogens is 112 g/mol. The third-order valence-electron chi connectivity index (χ3n) is 2.70. The van der Waals surface area contributed by atoms with Crippen LogP contribution in [0.5, 0.6) is 0 Å². The van der Waals surface area contributed by atoms with E-state index in [4.69, 9.17) is 5.11 Å². The molecule has 2 rings (SSSR count). The van der Waals surface area contributed by atoms with Gasteiger partial charge in [0.05, 0.1) is 0 Å². The molecule has 2 atom stereocenters. The van der Waals surface area contributed by atoms with Crippen molar-refractivity contribution < 1.29 is 5.11 Å². The lowest BCUT2D eigenvalue weighted by atomic mass is 10.2. The molecule has 0 amide bonds. The highest BCUT2D eigenvalue weighted by atomic mass is 16.3. The van der Waals surface area contributed by atoms with Gasteiger partial charge in [-0.15, -0.1) is 0 Å². The van der Waals surface area contributed by atoms with E-state index in [9.17, 15) is 0 Å². The molecule has 0 saturated heterocycles. The van der Waals surface area contributed by atoms with Gasteiger partial charge in [-0.1, -0.05) is 0 Å². The molecule has 0 aliphatic heterocycles. The molecule has 52 valence electrons. The van der Waals surface area contributed by atoms with Crippen LogP contribution >= 0.6 is 0 Å². The molecule has 2 fully saturated rings. The minimum Gasteiger partial charge on any atom is -0.396 e. The standard InChI is InChI=1S/C8H14O/c9-4-3-7-5-8(7)6-1-2-6/h6-9H,1-5H2. The lowest BCUT2D eigenvalue weighted by Crippen LogP contribution is -1.88. The first-order chi connectivity index (χ1) is 4.42. The van der Waals surface area contributed by atoms with E-state index >= 15 is 0 Å². The first kappa shape index (κ1) is 5.72. The molecule has 0 aromatic rings. The molecule has 0 heterocycles. The fraction of sp³-hybridized carbons (Fsp3) is 1.00. The van der Waals surface area contributed by atoms with Crippen LogP contribution in [-0.4, -0.2) is 11.7 Å². The summed E-state index contributed by atoms with van der Waals surface area (Å²) in [7, 11) is 0. The second kappa shape index (κ2) is 1.98. The normalized spacial score (nSPS) is 41.0. The molecule has 0 aromatic heterocycles. The molecular formula is C8H14O. The molecule has 2 aliphatic carbocycles. The Morgan fingerprint density at radius 3 is 2.67 bits per heavy atom. The van der Waals surface area contributed by atoms with Crippen LogP contribution < -0.4 is 0 Å². The van der Waals surface area contributed by atoms with Gasteiger partial charge in [0.25, 0.3) is 0 Å². The van der Waals surface area contributed by atoms with Crippen molar-refractivity contribution in [2.24, 2.45) is 17.8 Å². The van der Waals surface area contributed by atoms with E-state index in [1.807, 2.05) is 0 Å². The monoisotopic (exact) mass is 126 g/mol. The maximum atomic E-state index is 8.60. The molecule has 2 unspecified atom stereocenters. The molecule has 1 N–H and O–H groups in total. The van der Waals surface area contributed by atoms with E-state index in [1.165, 1.54) is 19.3 Å². The average Bonchev–Trinajstić information content (AvgIpc) is 2.58. The molecule has 0 spiro atoms. The van der Waals surface area contributed by atoms with Crippen LogP contribution in [0.2, 0.25) is 0 Å². The summed E-state index contributed by atoms with van der Waals surface area (Å²) in [5.41, 5.74) is 0. The van der Waals surface area contributed by atoms with E-state index < -0.39 is 0 Å². The van der Waals surface area contributed by atoms with Crippen molar-refractivity contribution in [3.05, 3.63) is 0 Å². The zero-order valence-electron chi connectivity index (χ0n) is 5.71. The van der Waals surface area contributed by atoms with Gasteiger partial charge in [0.1, 0.15) is 0 Å². The van der Waals surface area contributed by atoms with E-state index in [2.05, 4.69) is 0 Å². The van der Waals surface area contributed by atoms with Crippen LogP contribution in [0.1, 0.15) is 25.7 Å². The van der Waals surface area contributed by atoms with Crippen LogP contribution in [0.25, 0.3) is 0 Å². The zero-order chi connectivity index (χ0) is 6.27. The number of hydrogen-bond acceptors (Lipinski definition) is 1. The third-order valence-corrected chi connectivity index (χ3v) is 2.70. The van der Waals surface area contributed by atoms with Gasteiger partial charge in [-0.2, -0.15) is 0 Å². The van der Waals surface area contributed by atoms with Crippen LogP contribution in [0.4, 0.5) is 0 Å². The predicted octanol–water partition coefficient (Wildman–Crippen LogP) is 1.41. The van der Waals surface area contributed by atoms with Crippen molar-refractivity contribution >= 4 is 0 Å². The van der Waals surface area contributed by atoms with Crippen LogP contribution in [0.3, 0.4) is 0 Å². The highest BCUT2D eigenvalue weighted by molar-refractivity contribution is 4.96. The Hall–Kier alpha value is -0.0400. The van der Waals surface area contributed by atoms with Gasteiger partial charge in [-0.05, 0) is 43.4 Å². The number of hydrogen-bond donors (Lipinski definition) is 1. The Balaban J connectivity index is 1.69. The first-order valence-electron chi connectivity index (χ1n) is 4.02. The maximum Gasteiger partial charge on any atom is 0.0433 e. The fourth-order valence-electron chi connectivity index (χ4n) is 1.87. The van der Waals surface area contributed by atoms with Crippen molar-refractivity contribution in [2.75, 3.05) is 6.61 Å². The van der Waals surface area contributed by atoms with Crippen molar-refractivity contribution in [1.29, 1.82) is 0 Å². The van der Waals surface area contributed by atoms with Crippen molar-refractivity contribution in [3.63, 3.8) is 0 Å². The molecule has 2 saturated carbocycles. The number of aliphatic hydroxyl groups is 1. The van der Waals surface area contributed by atoms with Gasteiger partial charge >= 0.3 is 0 Å². The molecule has 9 heavy (non-hydrogen) atoms. The van der Waals surface area contributed by atoms with E-state index in [-0.39, 0.29) is 0 Å². The second-order valence-corrected chi connectivity index (χ2v) is 3.51. The first-order valence-corrected chi connectivity index (χ1v) is 4.02. The third kappa shape index (κ3) is 1.11. The Morgan fingerprint density at radius 1 is 1.33 bits per heavy atom. The SMILES string of the molecule is OCCC1CC1C1CC1. The Labute approximate surface area is 56.1 Å². The van der Waals surface area contributed by atoms with Crippen molar-refractivity contribution in [2.45, 2.75) is 25.7 Å². The van der Waals surface area contributed by atoms with Crippen LogP contribution in [0, 0.1) is 17.8 Å². The summed E-state index contributed by atoms with van der Waals surface area (Å²) in [4.78, 5) is 0. The molecule has 2 aliphatic rings. The van der Waals surface area contributed by atoms with E-state index in [0.29, 0.717) is 6.61 Å². The van der Waals surface area contributed by atoms with Crippen LogP contribution in [0.15, 0.2) is 0 Å². The van der Waals surface area contributed by atoms with Gasteiger partial charge in [0.15, 0.2) is 0 Å². The number of rotatable bonds is 3. The molecule has 0 aromatic carbocycles. The molecule has 0 bridgehead atoms. The summed E-state index contributed by atoms with van der Waals surface area (Å²) in [6.45, 7) is 0.411. The van der Waals surface area contributed by atoms with Gasteiger partial charge in [-0.3, -0.25) is 0 Å². The second-order valence-electron chi connectivity index (χ2n) is 3.51. The predicted molar refractivity (Wildman–Crippen MR) is 36.0 cm³/mol. The highest BCUT2D eigenvalue weighted by Crippen LogP contribution is 2.55. The lowest BCUT2D eigenvalue weighted by Gasteiger charge is -1.91. The largest absolute Gasteiger partial charge is 0.396 e. The van der Waals surface area contributed by atoms with E-state index in [1.54, 1.807) is 0 Å². The Morgan fingerprint density at radius 2 is 2.11 bits per heavy atom. The smallest absolute Gasteiger partial charge is 0.0433 e. The lowest BCUT2D eigenvalue weighted by molar-refractivity contribution is 0.276. The zero-order valence-corrected chi connectivity index (χ0v) is 5.71. The van der Waals surface area contributed by atoms with Gasteiger partial charge in [-0.25, -0.2) is 0 Å². The summed E-state index contributed by atoms with van der Waals surface area (Å²) < 4.78 is 0. The maximum absolute atomic E-state index is 8.60. The van der Waals surface area contributed by atoms with Gasteiger partial charge in [0.2, 0.25) is 0 Å². The summed E-state index contributed by atoms with van der Waals surface area (Å²) in [5, 5.41) is 8.60. The molecule has 1 heteroatoms. The number of aliphatic hydroxyl groups excluding tert-OH is 1. The molecule has 1 nitrogen and oxygen atoms in total. The topological polar surface area (TPSA) is 20.2 Å². The Bertz CT molecular complexity index is 107. The minimum absolute atomic E-state index is 0.411.